The second kappa shape index (κ2) is 6.87. The maximum absolute atomic E-state index is 10.7. The van der Waals surface area contributed by atoms with Crippen molar-refractivity contribution in [2.75, 3.05) is 6.61 Å². The molecule has 21 heavy (non-hydrogen) atoms. The van der Waals surface area contributed by atoms with Gasteiger partial charge in [-0.1, -0.05) is 36.4 Å². The summed E-state index contributed by atoms with van der Waals surface area (Å²) >= 11 is 0. The van der Waals surface area contributed by atoms with Crippen LogP contribution < -0.4 is 4.74 Å². The normalized spacial score (nSPS) is 10.2. The molecule has 0 aliphatic heterocycles. The average Bonchev–Trinajstić information content (AvgIpc) is 2.52. The minimum Gasteiger partial charge on any atom is -0.489 e. The molecule has 0 saturated heterocycles. The Morgan fingerprint density at radius 3 is 2.67 bits per heavy atom. The van der Waals surface area contributed by atoms with Gasteiger partial charge in [0, 0.05) is 12.1 Å². The van der Waals surface area contributed by atoms with Crippen LogP contribution in [0, 0.1) is 21.4 Å². The molecule has 0 heterocycles. The molecule has 5 nitrogen and oxygen atoms in total. The highest BCUT2D eigenvalue weighted by Crippen LogP contribution is 2.23. The van der Waals surface area contributed by atoms with Crippen LogP contribution in [0.2, 0.25) is 0 Å². The molecule has 0 saturated carbocycles. The van der Waals surface area contributed by atoms with Crippen molar-refractivity contribution in [1.29, 1.82) is 5.26 Å². The molecule has 0 amide bonds. The lowest BCUT2D eigenvalue weighted by Crippen LogP contribution is -1.96. The highest BCUT2D eigenvalue weighted by atomic mass is 16.6. The average molecular weight is 280 g/mol. The number of hydrogen-bond donors (Lipinski definition) is 0. The van der Waals surface area contributed by atoms with Crippen LogP contribution in [0.5, 0.6) is 5.75 Å². The molecule has 2 aromatic carbocycles. The van der Waals surface area contributed by atoms with Crippen LogP contribution in [-0.2, 0) is 0 Å². The van der Waals surface area contributed by atoms with E-state index in [0.29, 0.717) is 12.4 Å². The van der Waals surface area contributed by atoms with E-state index in [2.05, 4.69) is 0 Å². The largest absolute Gasteiger partial charge is 0.489 e. The molecule has 0 aliphatic rings. The highest BCUT2D eigenvalue weighted by molar-refractivity contribution is 5.52. The Labute approximate surface area is 121 Å². The second-order valence-corrected chi connectivity index (χ2v) is 4.17. The number of hydrogen-bond acceptors (Lipinski definition) is 4. The Bertz CT molecular complexity index is 703. The number of ether oxygens (including phenoxy) is 1. The van der Waals surface area contributed by atoms with E-state index in [1.54, 1.807) is 6.07 Å². The zero-order valence-corrected chi connectivity index (χ0v) is 11.1. The van der Waals surface area contributed by atoms with Crippen LogP contribution in [0.15, 0.2) is 54.6 Å². The minimum atomic E-state index is -0.586. The van der Waals surface area contributed by atoms with Gasteiger partial charge in [0.05, 0.1) is 4.92 Å². The molecule has 2 aromatic rings. The number of nitro benzene ring substituents is 1. The third-order valence-corrected chi connectivity index (χ3v) is 2.74. The fraction of sp³-hybridized carbons (Fsp3) is 0.0625. The van der Waals surface area contributed by atoms with Crippen molar-refractivity contribution >= 4 is 11.8 Å². The van der Waals surface area contributed by atoms with Gasteiger partial charge >= 0.3 is 0 Å². The molecule has 0 aromatic heterocycles. The molecule has 0 N–H and O–H groups in total. The molecule has 0 atom stereocenters. The van der Waals surface area contributed by atoms with Crippen molar-refractivity contribution in [2.24, 2.45) is 0 Å². The molecule has 0 bridgehead atoms. The summed E-state index contributed by atoms with van der Waals surface area (Å²) in [5.41, 5.74) is 0.830. The lowest BCUT2D eigenvalue weighted by molar-refractivity contribution is -0.385. The first kappa shape index (κ1) is 14.3. The van der Waals surface area contributed by atoms with Gasteiger partial charge in [-0.05, 0) is 17.7 Å². The number of nitrogens with zero attached hydrogens (tertiary/aromatic N) is 2. The molecular formula is C16H12N2O3. The van der Waals surface area contributed by atoms with E-state index in [0.717, 1.165) is 5.56 Å². The summed E-state index contributed by atoms with van der Waals surface area (Å²) in [6.45, 7) is 0.317. The molecule has 2 rings (SSSR count). The molecule has 0 spiro atoms. The first-order valence-corrected chi connectivity index (χ1v) is 6.23. The van der Waals surface area contributed by atoms with Crippen LogP contribution in [0.25, 0.3) is 6.08 Å². The quantitative estimate of drug-likeness (QED) is 0.619. The molecule has 0 fully saturated rings. The van der Waals surface area contributed by atoms with Gasteiger partial charge in [0.2, 0.25) is 0 Å². The maximum Gasteiger partial charge on any atom is 0.287 e. The zero-order chi connectivity index (χ0) is 15.1. The third-order valence-electron chi connectivity index (χ3n) is 2.74. The number of nitro groups is 1. The van der Waals surface area contributed by atoms with Gasteiger partial charge in [-0.25, -0.2) is 0 Å². The Balaban J connectivity index is 2.00. The van der Waals surface area contributed by atoms with Crippen molar-refractivity contribution in [3.05, 3.63) is 75.8 Å². The fourth-order valence-electron chi connectivity index (χ4n) is 1.75. The van der Waals surface area contributed by atoms with Crippen molar-refractivity contribution in [1.82, 2.24) is 0 Å². The van der Waals surface area contributed by atoms with Crippen LogP contribution >= 0.6 is 0 Å². The highest BCUT2D eigenvalue weighted by Gasteiger charge is 2.13. The second-order valence-electron chi connectivity index (χ2n) is 4.17. The molecule has 104 valence electrons. The van der Waals surface area contributed by atoms with Gasteiger partial charge < -0.3 is 4.74 Å². The smallest absolute Gasteiger partial charge is 0.287 e. The summed E-state index contributed by atoms with van der Waals surface area (Å²) in [7, 11) is 0. The van der Waals surface area contributed by atoms with Crippen LogP contribution in [0.3, 0.4) is 0 Å². The predicted molar refractivity (Wildman–Crippen MR) is 78.8 cm³/mol. The summed E-state index contributed by atoms with van der Waals surface area (Å²) < 4.78 is 5.44. The lowest BCUT2D eigenvalue weighted by atomic mass is 10.2. The Morgan fingerprint density at radius 2 is 2.00 bits per heavy atom. The monoisotopic (exact) mass is 280 g/mol. The van der Waals surface area contributed by atoms with Gasteiger partial charge in [-0.15, -0.1) is 0 Å². The Kier molecular flexibility index (Phi) is 4.67. The minimum absolute atomic E-state index is 0.00969. The first-order valence-electron chi connectivity index (χ1n) is 6.23. The van der Waals surface area contributed by atoms with Gasteiger partial charge in [0.25, 0.3) is 5.69 Å². The number of rotatable bonds is 5. The first-order chi connectivity index (χ1) is 10.2. The van der Waals surface area contributed by atoms with Crippen molar-refractivity contribution in [3.63, 3.8) is 0 Å². The van der Waals surface area contributed by atoms with Crippen molar-refractivity contribution in [2.45, 2.75) is 0 Å². The van der Waals surface area contributed by atoms with E-state index in [4.69, 9.17) is 10.00 Å². The fourth-order valence-corrected chi connectivity index (χ4v) is 1.75. The topological polar surface area (TPSA) is 76.2 Å². The van der Waals surface area contributed by atoms with Crippen LogP contribution in [0.1, 0.15) is 11.1 Å². The summed E-state index contributed by atoms with van der Waals surface area (Å²) in [4.78, 5) is 10.1. The standard InChI is InChI=1S/C16H12N2O3/c17-12-14-11-15(8-9-16(14)18(19)20)21-10-4-7-13-5-2-1-3-6-13/h1-9,11H,10H2/b7-4+. The summed E-state index contributed by atoms with van der Waals surface area (Å²) in [6.07, 6.45) is 3.75. The van der Waals surface area contributed by atoms with E-state index in [1.165, 1.54) is 18.2 Å². The molecule has 0 unspecified atom stereocenters. The third kappa shape index (κ3) is 3.91. The maximum atomic E-state index is 10.7. The van der Waals surface area contributed by atoms with E-state index in [-0.39, 0.29) is 11.3 Å². The van der Waals surface area contributed by atoms with Crippen molar-refractivity contribution in [3.8, 4) is 11.8 Å². The predicted octanol–water partition coefficient (Wildman–Crippen LogP) is 3.56. The van der Waals surface area contributed by atoms with E-state index in [9.17, 15) is 10.1 Å². The van der Waals surface area contributed by atoms with Gasteiger partial charge in [0.1, 0.15) is 24.0 Å². The van der Waals surface area contributed by atoms with E-state index >= 15 is 0 Å². The van der Waals surface area contributed by atoms with E-state index in [1.807, 2.05) is 42.5 Å². The SMILES string of the molecule is N#Cc1cc(OC/C=C/c2ccccc2)ccc1[N+](=O)[O-]. The molecule has 5 heteroatoms. The Morgan fingerprint density at radius 1 is 1.24 bits per heavy atom. The zero-order valence-electron chi connectivity index (χ0n) is 11.1. The summed E-state index contributed by atoms with van der Waals surface area (Å²) in [5, 5.41) is 19.6. The van der Waals surface area contributed by atoms with Gasteiger partial charge in [-0.3, -0.25) is 10.1 Å². The Hall–Kier alpha value is -3.13. The van der Waals surface area contributed by atoms with Crippen LogP contribution in [0.4, 0.5) is 5.69 Å². The molecule has 0 radical (unpaired) electrons. The summed E-state index contributed by atoms with van der Waals surface area (Å²) in [6, 6.07) is 15.7. The summed E-state index contributed by atoms with van der Waals surface area (Å²) in [5.74, 6) is 0.426. The molecular weight excluding hydrogens is 268 g/mol. The lowest BCUT2D eigenvalue weighted by Gasteiger charge is -2.03. The molecule has 0 aliphatic carbocycles. The van der Waals surface area contributed by atoms with Crippen LogP contribution in [-0.4, -0.2) is 11.5 Å². The van der Waals surface area contributed by atoms with Gasteiger partial charge in [0.15, 0.2) is 0 Å². The van der Waals surface area contributed by atoms with Crippen molar-refractivity contribution < 1.29 is 9.66 Å². The van der Waals surface area contributed by atoms with E-state index < -0.39 is 4.92 Å². The van der Waals surface area contributed by atoms with Gasteiger partial charge in [-0.2, -0.15) is 5.26 Å². The number of nitriles is 1. The number of benzene rings is 2.